The quantitative estimate of drug-likeness (QED) is 0.418. The van der Waals surface area contributed by atoms with Gasteiger partial charge in [-0.1, -0.05) is 24.1 Å². The van der Waals surface area contributed by atoms with Crippen molar-refractivity contribution < 1.29 is 0 Å². The molecular weight excluding hydrogens is 468 g/mol. The molecule has 1 saturated heterocycles. The summed E-state index contributed by atoms with van der Waals surface area (Å²) < 4.78 is 4.43. The van der Waals surface area contributed by atoms with Crippen LogP contribution in [-0.2, 0) is 13.1 Å². The highest BCUT2D eigenvalue weighted by Crippen LogP contribution is 2.24. The molecule has 1 aliphatic rings. The van der Waals surface area contributed by atoms with E-state index in [1.165, 1.54) is 15.3 Å². The van der Waals surface area contributed by atoms with Gasteiger partial charge >= 0.3 is 5.69 Å². The van der Waals surface area contributed by atoms with E-state index in [0.29, 0.717) is 23.7 Å². The number of rotatable bonds is 5. The second-order valence-corrected chi connectivity index (χ2v) is 8.95. The van der Waals surface area contributed by atoms with Crippen molar-refractivity contribution in [2.75, 3.05) is 18.0 Å². The third kappa shape index (κ3) is 4.51. The Morgan fingerprint density at radius 3 is 2.70 bits per heavy atom. The molecule has 0 saturated carbocycles. The van der Waals surface area contributed by atoms with E-state index in [1.807, 2.05) is 24.3 Å². The maximum Gasteiger partial charge on any atom is 0.337 e. The molecular formula is C27H26N8O2. The fourth-order valence-corrected chi connectivity index (χ4v) is 4.73. The average molecular weight is 495 g/mol. The Morgan fingerprint density at radius 1 is 1.16 bits per heavy atom. The van der Waals surface area contributed by atoms with Gasteiger partial charge in [0.15, 0.2) is 11.2 Å². The number of anilines is 1. The molecule has 0 unspecified atom stereocenters. The molecule has 1 aromatic carbocycles. The number of piperidine rings is 1. The number of benzene rings is 1. The van der Waals surface area contributed by atoms with E-state index >= 15 is 0 Å². The third-order valence-corrected chi connectivity index (χ3v) is 6.46. The van der Waals surface area contributed by atoms with Gasteiger partial charge in [0.25, 0.3) is 5.56 Å². The zero-order chi connectivity index (χ0) is 25.9. The summed E-state index contributed by atoms with van der Waals surface area (Å²) in [5, 5.41) is 9.25. The van der Waals surface area contributed by atoms with Gasteiger partial charge in [0, 0.05) is 25.3 Å². The van der Waals surface area contributed by atoms with Crippen LogP contribution < -0.4 is 21.9 Å². The molecule has 4 heterocycles. The molecule has 4 aromatic rings. The molecule has 0 aliphatic carbocycles. The summed E-state index contributed by atoms with van der Waals surface area (Å²) in [4.78, 5) is 38.7. The van der Waals surface area contributed by atoms with Crippen LogP contribution >= 0.6 is 0 Å². The Kier molecular flexibility index (Phi) is 6.59. The Bertz CT molecular complexity index is 1680. The van der Waals surface area contributed by atoms with Gasteiger partial charge < -0.3 is 10.6 Å². The van der Waals surface area contributed by atoms with Crippen LogP contribution in [0.1, 0.15) is 31.0 Å². The van der Waals surface area contributed by atoms with Crippen molar-refractivity contribution in [3.63, 3.8) is 0 Å². The molecule has 1 aliphatic heterocycles. The van der Waals surface area contributed by atoms with E-state index in [1.54, 1.807) is 35.8 Å². The van der Waals surface area contributed by atoms with E-state index in [4.69, 9.17) is 10.7 Å². The molecule has 1 atom stereocenters. The fraction of sp³-hybridized carbons (Fsp3) is 0.296. The molecule has 10 nitrogen and oxygen atoms in total. The van der Waals surface area contributed by atoms with E-state index in [2.05, 4.69) is 21.7 Å². The lowest BCUT2D eigenvalue weighted by Crippen LogP contribution is -2.44. The van der Waals surface area contributed by atoms with E-state index in [-0.39, 0.29) is 36.0 Å². The first-order chi connectivity index (χ1) is 18.0. The zero-order valence-corrected chi connectivity index (χ0v) is 20.5. The number of fused-ring (bicyclic) bond motifs is 1. The Hall–Kier alpha value is -4.67. The fourth-order valence-electron chi connectivity index (χ4n) is 4.73. The molecule has 0 spiro atoms. The standard InChI is InChI=1S/C27H26N8O2/c1-2-3-14-33-23-24(31-26(33)32-13-7-8-20(29)18-32)35(22-9-5-4-6-10-22)27(37)34(25(23)36)17-19-11-12-30-21(15-19)16-28/h4-6,9-12,15,20H,7-8,13-14,17-18,29H2,1H3/t20-/m1/s1. The predicted molar refractivity (Wildman–Crippen MR) is 141 cm³/mol. The molecule has 1 fully saturated rings. The maximum atomic E-state index is 14.0. The monoisotopic (exact) mass is 494 g/mol. The van der Waals surface area contributed by atoms with Crippen molar-refractivity contribution in [3.05, 3.63) is 80.8 Å². The van der Waals surface area contributed by atoms with E-state index in [9.17, 15) is 14.9 Å². The molecule has 5 rings (SSSR count). The smallest absolute Gasteiger partial charge is 0.337 e. The van der Waals surface area contributed by atoms with Crippen LogP contribution in [0.4, 0.5) is 5.95 Å². The zero-order valence-electron chi connectivity index (χ0n) is 20.5. The Labute approximate surface area is 213 Å². The first-order valence-corrected chi connectivity index (χ1v) is 12.1. The number of para-hydroxylation sites is 1. The van der Waals surface area contributed by atoms with Crippen LogP contribution in [0, 0.1) is 23.2 Å². The summed E-state index contributed by atoms with van der Waals surface area (Å²) in [5.41, 5.74) is 7.25. The van der Waals surface area contributed by atoms with E-state index in [0.717, 1.165) is 19.4 Å². The highest BCUT2D eigenvalue weighted by Gasteiger charge is 2.27. The lowest BCUT2D eigenvalue weighted by atomic mass is 10.1. The van der Waals surface area contributed by atoms with Crippen molar-refractivity contribution in [2.45, 2.75) is 38.9 Å². The van der Waals surface area contributed by atoms with Gasteiger partial charge in [-0.3, -0.25) is 13.9 Å². The van der Waals surface area contributed by atoms with Gasteiger partial charge in [-0.05, 0) is 49.6 Å². The minimum atomic E-state index is -0.521. The summed E-state index contributed by atoms with van der Waals surface area (Å²) in [6.07, 6.45) is 3.32. The van der Waals surface area contributed by atoms with Crippen LogP contribution in [0.3, 0.4) is 0 Å². The number of nitrogens with two attached hydrogens (primary N) is 1. The SMILES string of the molecule is CC#CCn1c(N2CCC[C@@H](N)C2)nc2c1c(=O)n(Cc1ccnc(C#N)c1)c(=O)n2-c1ccccc1. The molecule has 0 amide bonds. The van der Waals surface area contributed by atoms with Crippen molar-refractivity contribution in [1.29, 1.82) is 5.26 Å². The van der Waals surface area contributed by atoms with Crippen LogP contribution in [-0.4, -0.2) is 42.8 Å². The summed E-state index contributed by atoms with van der Waals surface area (Å²) >= 11 is 0. The largest absolute Gasteiger partial charge is 0.341 e. The van der Waals surface area contributed by atoms with Gasteiger partial charge in [0.2, 0.25) is 5.95 Å². The van der Waals surface area contributed by atoms with Crippen molar-refractivity contribution in [2.24, 2.45) is 5.73 Å². The average Bonchev–Trinajstić information content (AvgIpc) is 3.30. The van der Waals surface area contributed by atoms with Crippen molar-refractivity contribution >= 4 is 17.1 Å². The topological polar surface area (TPSA) is 128 Å². The molecule has 2 N–H and O–H groups in total. The normalized spacial score (nSPS) is 15.3. The minimum absolute atomic E-state index is 0.00624. The summed E-state index contributed by atoms with van der Waals surface area (Å²) in [6, 6.07) is 14.4. The van der Waals surface area contributed by atoms with Crippen LogP contribution in [0.25, 0.3) is 16.9 Å². The molecule has 0 bridgehead atoms. The molecule has 0 radical (unpaired) electrons. The summed E-state index contributed by atoms with van der Waals surface area (Å²) in [5.74, 6) is 6.52. The van der Waals surface area contributed by atoms with E-state index < -0.39 is 11.2 Å². The minimum Gasteiger partial charge on any atom is -0.341 e. The van der Waals surface area contributed by atoms with Gasteiger partial charge in [0.1, 0.15) is 11.8 Å². The maximum absolute atomic E-state index is 14.0. The summed E-state index contributed by atoms with van der Waals surface area (Å²) in [7, 11) is 0. The second-order valence-electron chi connectivity index (χ2n) is 8.95. The first-order valence-electron chi connectivity index (χ1n) is 12.1. The third-order valence-electron chi connectivity index (χ3n) is 6.46. The molecule has 186 valence electrons. The van der Waals surface area contributed by atoms with Gasteiger partial charge in [0.05, 0.1) is 18.8 Å². The molecule has 37 heavy (non-hydrogen) atoms. The van der Waals surface area contributed by atoms with Gasteiger partial charge in [-0.2, -0.15) is 10.2 Å². The van der Waals surface area contributed by atoms with Crippen LogP contribution in [0.5, 0.6) is 0 Å². The number of hydrogen-bond acceptors (Lipinski definition) is 7. The number of hydrogen-bond donors (Lipinski definition) is 1. The van der Waals surface area contributed by atoms with Gasteiger partial charge in [-0.25, -0.2) is 14.3 Å². The number of nitriles is 1. The van der Waals surface area contributed by atoms with Crippen LogP contribution in [0.2, 0.25) is 0 Å². The summed E-state index contributed by atoms with van der Waals surface area (Å²) in [6.45, 7) is 3.30. The molecule has 3 aromatic heterocycles. The molecule has 10 heteroatoms. The number of pyridine rings is 1. The number of nitrogens with zero attached hydrogens (tertiary/aromatic N) is 7. The van der Waals surface area contributed by atoms with Crippen molar-refractivity contribution in [3.8, 4) is 23.6 Å². The Morgan fingerprint density at radius 2 is 1.97 bits per heavy atom. The second kappa shape index (κ2) is 10.1. The predicted octanol–water partition coefficient (Wildman–Crippen LogP) is 1.61. The highest BCUT2D eigenvalue weighted by atomic mass is 16.2. The number of aromatic nitrogens is 5. The van der Waals surface area contributed by atoms with Gasteiger partial charge in [-0.15, -0.1) is 5.92 Å². The highest BCUT2D eigenvalue weighted by molar-refractivity contribution is 5.76. The lowest BCUT2D eigenvalue weighted by molar-refractivity contribution is 0.496. The first kappa shape index (κ1) is 24.0. The van der Waals surface area contributed by atoms with Crippen molar-refractivity contribution in [1.82, 2.24) is 23.7 Å². The lowest BCUT2D eigenvalue weighted by Gasteiger charge is -2.31. The van der Waals surface area contributed by atoms with Crippen LogP contribution in [0.15, 0.2) is 58.3 Å². The Balaban J connectivity index is 1.82. The number of imidazole rings is 1.